The highest BCUT2D eigenvalue weighted by Gasteiger charge is 2.13. The minimum atomic E-state index is -0.193. The summed E-state index contributed by atoms with van der Waals surface area (Å²) in [4.78, 5) is 14.6. The SMILES string of the molecule is Cc1ccc(NC(=O)c2cc(N)ccc2C)c(OCCN(C)C)c1.Cl.Cl. The van der Waals surface area contributed by atoms with Crippen molar-refractivity contribution in [2.75, 3.05) is 38.3 Å². The Morgan fingerprint density at radius 1 is 1.12 bits per heavy atom. The third kappa shape index (κ3) is 6.75. The number of carbonyl (C=O) groups excluding carboxylic acids is 1. The Balaban J connectivity index is 0.00000312. The molecule has 26 heavy (non-hydrogen) atoms. The number of hydrogen-bond donors (Lipinski definition) is 2. The van der Waals surface area contributed by atoms with E-state index in [9.17, 15) is 4.79 Å². The molecule has 5 nitrogen and oxygen atoms in total. The summed E-state index contributed by atoms with van der Waals surface area (Å²) in [6, 6.07) is 11.0. The number of anilines is 2. The molecule has 0 spiro atoms. The van der Waals surface area contributed by atoms with E-state index in [0.717, 1.165) is 17.7 Å². The molecule has 0 aliphatic carbocycles. The molecule has 0 aliphatic heterocycles. The number of benzene rings is 2. The highest BCUT2D eigenvalue weighted by Crippen LogP contribution is 2.27. The van der Waals surface area contributed by atoms with Crippen molar-refractivity contribution in [1.82, 2.24) is 4.90 Å². The van der Waals surface area contributed by atoms with Crippen LogP contribution >= 0.6 is 24.8 Å². The van der Waals surface area contributed by atoms with Gasteiger partial charge < -0.3 is 20.7 Å². The van der Waals surface area contributed by atoms with Crippen LogP contribution < -0.4 is 15.8 Å². The molecule has 0 unspecified atom stereocenters. The zero-order valence-electron chi connectivity index (χ0n) is 15.5. The lowest BCUT2D eigenvalue weighted by molar-refractivity contribution is 0.102. The highest BCUT2D eigenvalue weighted by molar-refractivity contribution is 6.06. The summed E-state index contributed by atoms with van der Waals surface area (Å²) >= 11 is 0. The van der Waals surface area contributed by atoms with Gasteiger partial charge in [0, 0.05) is 17.8 Å². The van der Waals surface area contributed by atoms with Gasteiger partial charge in [-0.2, -0.15) is 0 Å². The number of rotatable bonds is 6. The molecule has 0 aromatic heterocycles. The molecule has 0 saturated carbocycles. The Labute approximate surface area is 167 Å². The monoisotopic (exact) mass is 399 g/mol. The zero-order valence-corrected chi connectivity index (χ0v) is 17.2. The lowest BCUT2D eigenvalue weighted by atomic mass is 10.1. The fourth-order valence-corrected chi connectivity index (χ4v) is 2.26. The smallest absolute Gasteiger partial charge is 0.256 e. The van der Waals surface area contributed by atoms with Gasteiger partial charge in [-0.15, -0.1) is 24.8 Å². The average Bonchev–Trinajstić information content (AvgIpc) is 2.51. The van der Waals surface area contributed by atoms with E-state index in [1.54, 1.807) is 12.1 Å². The third-order valence-electron chi connectivity index (χ3n) is 3.69. The van der Waals surface area contributed by atoms with Gasteiger partial charge in [0.25, 0.3) is 5.91 Å². The molecule has 144 valence electrons. The topological polar surface area (TPSA) is 67.6 Å². The summed E-state index contributed by atoms with van der Waals surface area (Å²) in [5, 5.41) is 2.93. The molecule has 2 aromatic rings. The van der Waals surface area contributed by atoms with Gasteiger partial charge in [0.1, 0.15) is 12.4 Å². The molecule has 0 fully saturated rings. The van der Waals surface area contributed by atoms with Crippen LogP contribution in [0.3, 0.4) is 0 Å². The number of amides is 1. The van der Waals surface area contributed by atoms with Crippen LogP contribution in [0.4, 0.5) is 11.4 Å². The number of nitrogen functional groups attached to an aromatic ring is 1. The van der Waals surface area contributed by atoms with Crippen LogP contribution in [0, 0.1) is 13.8 Å². The number of ether oxygens (including phenoxy) is 1. The quantitative estimate of drug-likeness (QED) is 0.722. The number of halogens is 2. The van der Waals surface area contributed by atoms with E-state index >= 15 is 0 Å². The van der Waals surface area contributed by atoms with E-state index in [4.69, 9.17) is 10.5 Å². The number of nitrogens with two attached hydrogens (primary N) is 1. The maximum Gasteiger partial charge on any atom is 0.256 e. The van der Waals surface area contributed by atoms with Gasteiger partial charge in [0.15, 0.2) is 0 Å². The average molecular weight is 400 g/mol. The molecule has 7 heteroatoms. The molecule has 0 saturated heterocycles. The van der Waals surface area contributed by atoms with Crippen LogP contribution in [-0.4, -0.2) is 38.1 Å². The van der Waals surface area contributed by atoms with Gasteiger partial charge in [-0.1, -0.05) is 12.1 Å². The molecule has 0 heterocycles. The number of likely N-dealkylation sites (N-methyl/N-ethyl adjacent to an activating group) is 1. The van der Waals surface area contributed by atoms with Crippen LogP contribution in [0.1, 0.15) is 21.5 Å². The van der Waals surface area contributed by atoms with Crippen molar-refractivity contribution in [1.29, 1.82) is 0 Å². The number of hydrogen-bond acceptors (Lipinski definition) is 4. The molecule has 3 N–H and O–H groups in total. The van der Waals surface area contributed by atoms with E-state index in [0.29, 0.717) is 29.3 Å². The second kappa shape index (κ2) is 10.9. The lowest BCUT2D eigenvalue weighted by Gasteiger charge is -2.16. The van der Waals surface area contributed by atoms with Crippen molar-refractivity contribution < 1.29 is 9.53 Å². The number of aryl methyl sites for hydroxylation is 2. The van der Waals surface area contributed by atoms with E-state index in [-0.39, 0.29) is 30.7 Å². The van der Waals surface area contributed by atoms with Gasteiger partial charge in [-0.05, 0) is 63.3 Å². The first-order chi connectivity index (χ1) is 11.4. The molecule has 2 rings (SSSR count). The van der Waals surface area contributed by atoms with E-state index in [1.165, 1.54) is 0 Å². The second-order valence-electron chi connectivity index (χ2n) is 6.18. The molecular formula is C19H27Cl2N3O2. The number of nitrogens with zero attached hydrogens (tertiary/aromatic N) is 1. The first-order valence-electron chi connectivity index (χ1n) is 7.92. The van der Waals surface area contributed by atoms with Crippen LogP contribution in [0.25, 0.3) is 0 Å². The molecule has 1 amide bonds. The van der Waals surface area contributed by atoms with E-state index < -0.39 is 0 Å². The minimum absolute atomic E-state index is 0. The van der Waals surface area contributed by atoms with Gasteiger partial charge in [-0.25, -0.2) is 0 Å². The fourth-order valence-electron chi connectivity index (χ4n) is 2.26. The normalized spacial score (nSPS) is 9.88. The van der Waals surface area contributed by atoms with Gasteiger partial charge in [0.05, 0.1) is 5.69 Å². The maximum absolute atomic E-state index is 12.6. The van der Waals surface area contributed by atoms with Crippen molar-refractivity contribution in [3.63, 3.8) is 0 Å². The van der Waals surface area contributed by atoms with Crippen LogP contribution in [-0.2, 0) is 0 Å². The second-order valence-corrected chi connectivity index (χ2v) is 6.18. The molecule has 0 bridgehead atoms. The summed E-state index contributed by atoms with van der Waals surface area (Å²) < 4.78 is 5.84. The Hall–Kier alpha value is -1.95. The zero-order chi connectivity index (χ0) is 17.7. The predicted octanol–water partition coefficient (Wildman–Crippen LogP) is 3.92. The van der Waals surface area contributed by atoms with Crippen molar-refractivity contribution >= 4 is 42.1 Å². The van der Waals surface area contributed by atoms with Crippen molar-refractivity contribution in [2.24, 2.45) is 0 Å². The summed E-state index contributed by atoms with van der Waals surface area (Å²) in [6.45, 7) is 5.23. The van der Waals surface area contributed by atoms with Crippen LogP contribution in [0.5, 0.6) is 5.75 Å². The van der Waals surface area contributed by atoms with Gasteiger partial charge in [-0.3, -0.25) is 4.79 Å². The largest absolute Gasteiger partial charge is 0.490 e. The van der Waals surface area contributed by atoms with Gasteiger partial charge >= 0.3 is 0 Å². The lowest BCUT2D eigenvalue weighted by Crippen LogP contribution is -2.20. The minimum Gasteiger partial charge on any atom is -0.490 e. The van der Waals surface area contributed by atoms with Crippen molar-refractivity contribution in [3.8, 4) is 5.75 Å². The standard InChI is InChI=1S/C19H25N3O2.2ClH/c1-13-5-8-17(18(11-13)24-10-9-22(3)4)21-19(23)16-12-15(20)7-6-14(16)2;;/h5-8,11-12H,9-10,20H2,1-4H3,(H,21,23);2*1H. The van der Waals surface area contributed by atoms with Crippen LogP contribution in [0.15, 0.2) is 36.4 Å². The highest BCUT2D eigenvalue weighted by atomic mass is 35.5. The molecule has 0 aliphatic rings. The van der Waals surface area contributed by atoms with Crippen molar-refractivity contribution in [2.45, 2.75) is 13.8 Å². The van der Waals surface area contributed by atoms with Crippen molar-refractivity contribution in [3.05, 3.63) is 53.1 Å². The maximum atomic E-state index is 12.6. The summed E-state index contributed by atoms with van der Waals surface area (Å²) in [6.07, 6.45) is 0. The summed E-state index contributed by atoms with van der Waals surface area (Å²) in [5.41, 5.74) is 9.54. The predicted molar refractivity (Wildman–Crippen MR) is 113 cm³/mol. The summed E-state index contributed by atoms with van der Waals surface area (Å²) in [5.74, 6) is 0.480. The Morgan fingerprint density at radius 3 is 2.46 bits per heavy atom. The molecule has 0 atom stereocenters. The number of nitrogens with one attached hydrogen (secondary N) is 1. The Morgan fingerprint density at radius 2 is 1.81 bits per heavy atom. The number of carbonyl (C=O) groups is 1. The first kappa shape index (κ1) is 24.1. The fraction of sp³-hybridized carbons (Fsp3) is 0.316. The molecular weight excluding hydrogens is 373 g/mol. The van der Waals surface area contributed by atoms with Crippen LogP contribution in [0.2, 0.25) is 0 Å². The third-order valence-corrected chi connectivity index (χ3v) is 3.69. The first-order valence-corrected chi connectivity index (χ1v) is 7.92. The van der Waals surface area contributed by atoms with E-state index in [2.05, 4.69) is 5.32 Å². The molecule has 2 aromatic carbocycles. The molecule has 0 radical (unpaired) electrons. The Kier molecular flexibility index (Phi) is 10.1. The van der Waals surface area contributed by atoms with Gasteiger partial charge in [0.2, 0.25) is 0 Å². The summed E-state index contributed by atoms with van der Waals surface area (Å²) in [7, 11) is 3.98. The van der Waals surface area contributed by atoms with E-state index in [1.807, 2.05) is 57.1 Å². The Bertz CT molecular complexity index is 737.